The second-order valence-corrected chi connectivity index (χ2v) is 9.51. The normalized spacial score (nSPS) is 11.2. The molecule has 0 radical (unpaired) electrons. The first-order valence-corrected chi connectivity index (χ1v) is 13.3. The Bertz CT molecular complexity index is 987. The Balaban J connectivity index is 1.63. The van der Waals surface area contributed by atoms with Crippen LogP contribution in [-0.2, 0) is 12.8 Å². The number of benzene rings is 3. The van der Waals surface area contributed by atoms with Gasteiger partial charge in [-0.1, -0.05) is 126 Å². The Labute approximate surface area is 205 Å². The highest BCUT2D eigenvalue weighted by atomic mass is 19.2. The van der Waals surface area contributed by atoms with Gasteiger partial charge in [0.2, 0.25) is 0 Å². The molecule has 0 spiro atoms. The van der Waals surface area contributed by atoms with Crippen LogP contribution < -0.4 is 0 Å². The van der Waals surface area contributed by atoms with Crippen LogP contribution in [0.4, 0.5) is 8.78 Å². The van der Waals surface area contributed by atoms with Gasteiger partial charge in [0.15, 0.2) is 11.6 Å². The molecule has 0 heterocycles. The molecule has 0 fully saturated rings. The quantitative estimate of drug-likeness (QED) is 0.209. The first-order valence-electron chi connectivity index (χ1n) is 13.3. The molecule has 182 valence electrons. The number of halogens is 2. The van der Waals surface area contributed by atoms with E-state index in [1.807, 2.05) is 48.5 Å². The molecule has 0 saturated carbocycles. The summed E-state index contributed by atoms with van der Waals surface area (Å²) in [6, 6.07) is 19.2. The number of hydrogen-bond donors (Lipinski definition) is 0. The third-order valence-electron chi connectivity index (χ3n) is 6.75. The smallest absolute Gasteiger partial charge is 0.167 e. The van der Waals surface area contributed by atoms with Gasteiger partial charge >= 0.3 is 0 Å². The van der Waals surface area contributed by atoms with Crippen molar-refractivity contribution in [3.63, 3.8) is 0 Å². The third kappa shape index (κ3) is 7.52. The zero-order valence-corrected chi connectivity index (χ0v) is 21.0. The molecule has 0 aliphatic heterocycles. The lowest BCUT2D eigenvalue weighted by molar-refractivity contribution is 0.514. The second-order valence-electron chi connectivity index (χ2n) is 9.51. The van der Waals surface area contributed by atoms with Gasteiger partial charge in [-0.2, -0.15) is 0 Å². The lowest BCUT2D eigenvalue weighted by Crippen LogP contribution is -1.95. The highest BCUT2D eigenvalue weighted by molar-refractivity contribution is 5.72. The van der Waals surface area contributed by atoms with Crippen molar-refractivity contribution in [2.75, 3.05) is 0 Å². The average molecular weight is 463 g/mol. The van der Waals surface area contributed by atoms with Gasteiger partial charge in [0.05, 0.1) is 0 Å². The molecule has 3 aromatic carbocycles. The summed E-state index contributed by atoms with van der Waals surface area (Å²) >= 11 is 0. The topological polar surface area (TPSA) is 0 Å². The van der Waals surface area contributed by atoms with Crippen molar-refractivity contribution < 1.29 is 8.78 Å². The van der Waals surface area contributed by atoms with Crippen molar-refractivity contribution in [1.29, 1.82) is 0 Å². The Kier molecular flexibility index (Phi) is 10.8. The van der Waals surface area contributed by atoms with Crippen LogP contribution in [0.3, 0.4) is 0 Å². The number of unbranched alkanes of at least 4 members (excludes halogenated alkanes) is 8. The molecule has 0 unspecified atom stereocenters. The van der Waals surface area contributed by atoms with E-state index in [9.17, 15) is 0 Å². The molecule has 3 rings (SSSR count). The van der Waals surface area contributed by atoms with Gasteiger partial charge in [-0.15, -0.1) is 0 Å². The fraction of sp³-hybridized carbons (Fsp3) is 0.438. The molecule has 0 aromatic heterocycles. The van der Waals surface area contributed by atoms with Crippen LogP contribution in [0.15, 0.2) is 60.7 Å². The average Bonchev–Trinajstić information content (AvgIpc) is 2.87. The lowest BCUT2D eigenvalue weighted by atomic mass is 9.96. The van der Waals surface area contributed by atoms with E-state index in [0.29, 0.717) is 11.1 Å². The third-order valence-corrected chi connectivity index (χ3v) is 6.75. The Morgan fingerprint density at radius 2 is 0.794 bits per heavy atom. The summed E-state index contributed by atoms with van der Waals surface area (Å²) in [6.07, 6.45) is 14.6. The number of hydrogen-bond acceptors (Lipinski definition) is 0. The standard InChI is InChI=1S/C32H40F2/c1-3-5-7-9-10-12-14-26-17-21-28(22-18-26)30-24-23-29(31(33)32(30)34)27-19-15-25(16-20-27)13-11-8-6-4-2/h15-24H,3-14H2,1-2H3. The summed E-state index contributed by atoms with van der Waals surface area (Å²) in [5.74, 6) is -1.55. The second kappa shape index (κ2) is 14.0. The van der Waals surface area contributed by atoms with Crippen LogP contribution in [0.25, 0.3) is 22.3 Å². The van der Waals surface area contributed by atoms with Crippen molar-refractivity contribution in [2.45, 2.75) is 90.9 Å². The van der Waals surface area contributed by atoms with E-state index in [1.165, 1.54) is 75.3 Å². The minimum absolute atomic E-state index is 0.318. The molecule has 0 aliphatic carbocycles. The van der Waals surface area contributed by atoms with Crippen molar-refractivity contribution in [2.24, 2.45) is 0 Å². The van der Waals surface area contributed by atoms with Crippen LogP contribution in [0.1, 0.15) is 89.2 Å². The summed E-state index contributed by atoms with van der Waals surface area (Å²) in [7, 11) is 0. The summed E-state index contributed by atoms with van der Waals surface area (Å²) in [5, 5.41) is 0. The molecular weight excluding hydrogens is 422 g/mol. The van der Waals surface area contributed by atoms with Gasteiger partial charge in [-0.05, 0) is 47.9 Å². The highest BCUT2D eigenvalue weighted by Gasteiger charge is 2.16. The number of aryl methyl sites for hydroxylation is 2. The lowest BCUT2D eigenvalue weighted by Gasteiger charge is -2.11. The van der Waals surface area contributed by atoms with Crippen molar-refractivity contribution >= 4 is 0 Å². The predicted molar refractivity (Wildman–Crippen MR) is 142 cm³/mol. The molecule has 0 saturated heterocycles. The summed E-state index contributed by atoms with van der Waals surface area (Å²) in [4.78, 5) is 0. The van der Waals surface area contributed by atoms with Crippen LogP contribution in [-0.4, -0.2) is 0 Å². The Morgan fingerprint density at radius 1 is 0.441 bits per heavy atom. The van der Waals surface area contributed by atoms with E-state index in [1.54, 1.807) is 12.1 Å². The largest absolute Gasteiger partial charge is 0.203 e. The fourth-order valence-corrected chi connectivity index (χ4v) is 4.56. The maximum absolute atomic E-state index is 15.0. The van der Waals surface area contributed by atoms with Crippen LogP contribution in [0.5, 0.6) is 0 Å². The molecule has 0 nitrogen and oxygen atoms in total. The van der Waals surface area contributed by atoms with E-state index in [0.717, 1.165) is 24.0 Å². The first kappa shape index (κ1) is 26.1. The van der Waals surface area contributed by atoms with Gasteiger partial charge in [0.25, 0.3) is 0 Å². The highest BCUT2D eigenvalue weighted by Crippen LogP contribution is 2.32. The van der Waals surface area contributed by atoms with E-state index < -0.39 is 11.6 Å². The predicted octanol–water partition coefficient (Wildman–Crippen LogP) is 10.3. The molecule has 3 aromatic rings. The minimum atomic E-state index is -0.774. The monoisotopic (exact) mass is 462 g/mol. The van der Waals surface area contributed by atoms with Crippen molar-refractivity contribution in [3.8, 4) is 22.3 Å². The minimum Gasteiger partial charge on any atom is -0.203 e. The summed E-state index contributed by atoms with van der Waals surface area (Å²) in [6.45, 7) is 4.44. The van der Waals surface area contributed by atoms with Crippen LogP contribution in [0.2, 0.25) is 0 Å². The molecular formula is C32H40F2. The molecule has 0 N–H and O–H groups in total. The molecule has 0 amide bonds. The van der Waals surface area contributed by atoms with E-state index >= 15 is 8.78 Å². The van der Waals surface area contributed by atoms with Crippen LogP contribution >= 0.6 is 0 Å². The maximum Gasteiger partial charge on any atom is 0.167 e. The van der Waals surface area contributed by atoms with Crippen LogP contribution in [0, 0.1) is 11.6 Å². The molecule has 34 heavy (non-hydrogen) atoms. The molecule has 0 aliphatic rings. The summed E-state index contributed by atoms with van der Waals surface area (Å²) < 4.78 is 30.0. The zero-order valence-electron chi connectivity index (χ0n) is 21.0. The zero-order chi connectivity index (χ0) is 24.2. The van der Waals surface area contributed by atoms with E-state index in [2.05, 4.69) is 13.8 Å². The van der Waals surface area contributed by atoms with Crippen molar-refractivity contribution in [1.82, 2.24) is 0 Å². The molecule has 2 heteroatoms. The van der Waals surface area contributed by atoms with Gasteiger partial charge in [0, 0.05) is 11.1 Å². The fourth-order valence-electron chi connectivity index (χ4n) is 4.56. The number of rotatable bonds is 14. The van der Waals surface area contributed by atoms with Gasteiger partial charge in [-0.3, -0.25) is 0 Å². The van der Waals surface area contributed by atoms with Gasteiger partial charge in [-0.25, -0.2) is 8.78 Å². The van der Waals surface area contributed by atoms with E-state index in [-0.39, 0.29) is 0 Å². The van der Waals surface area contributed by atoms with Crippen molar-refractivity contribution in [3.05, 3.63) is 83.4 Å². The Hall–Kier alpha value is -2.48. The SMILES string of the molecule is CCCCCCCCc1ccc(-c2ccc(-c3ccc(CCCCCC)cc3)c(F)c2F)cc1. The molecule has 0 atom stereocenters. The first-order chi connectivity index (χ1) is 16.6. The Morgan fingerprint density at radius 3 is 1.21 bits per heavy atom. The molecule has 0 bridgehead atoms. The van der Waals surface area contributed by atoms with E-state index in [4.69, 9.17) is 0 Å². The summed E-state index contributed by atoms with van der Waals surface area (Å²) in [5.41, 5.74) is 4.58. The maximum atomic E-state index is 15.0. The van der Waals surface area contributed by atoms with Gasteiger partial charge < -0.3 is 0 Å². The van der Waals surface area contributed by atoms with Gasteiger partial charge in [0.1, 0.15) is 0 Å².